The van der Waals surface area contributed by atoms with Gasteiger partial charge in [0.2, 0.25) is 0 Å². The number of rotatable bonds is 0. The van der Waals surface area contributed by atoms with E-state index in [1.54, 1.807) is 0 Å². The molecule has 4 nitrogen and oxygen atoms in total. The molecular weight excluding hydrogens is 158 g/mol. The highest BCUT2D eigenvalue weighted by molar-refractivity contribution is 7.79. The molecule has 0 aromatic carbocycles. The highest BCUT2D eigenvalue weighted by Crippen LogP contribution is 1.59. The Morgan fingerprint density at radius 1 is 1.14 bits per heavy atom. The Morgan fingerprint density at radius 3 is 1.14 bits per heavy atom. The maximum Gasteiger partial charge on any atom is 0.394 e. The molecule has 0 unspecified atom stereocenters. The third-order valence-corrected chi connectivity index (χ3v) is 0. The summed E-state index contributed by atoms with van der Waals surface area (Å²) in [4.78, 5) is 0. The predicted molar refractivity (Wildman–Crippen MR) is 31.4 cm³/mol. The lowest BCUT2D eigenvalue weighted by Gasteiger charge is -1.68. The van der Waals surface area contributed by atoms with Gasteiger partial charge in [-0.2, -0.15) is 8.42 Å². The van der Waals surface area contributed by atoms with Gasteiger partial charge in [-0.1, -0.05) is 0 Å². The van der Waals surface area contributed by atoms with E-state index in [2.05, 4.69) is 0 Å². The minimum Gasteiger partial charge on any atom is -0.264 e. The molecule has 0 aromatic heterocycles. The van der Waals surface area contributed by atoms with E-state index in [1.165, 1.54) is 0 Å². The van der Waals surface area contributed by atoms with Crippen LogP contribution in [-0.2, 0) is 10.4 Å². The molecular formula is H6AlClO4S. The van der Waals surface area contributed by atoms with Gasteiger partial charge in [-0.15, -0.1) is 12.4 Å². The normalized spacial score (nSPS) is 8.29. The van der Waals surface area contributed by atoms with Crippen LogP contribution in [0.4, 0.5) is 0 Å². The molecule has 0 fully saturated rings. The van der Waals surface area contributed by atoms with Crippen molar-refractivity contribution in [3.63, 3.8) is 0 Å². The fraction of sp³-hybridized carbons (Fsp3) is 0. The molecule has 0 heterocycles. The molecule has 0 saturated heterocycles. The molecule has 0 spiro atoms. The van der Waals surface area contributed by atoms with E-state index < -0.39 is 10.4 Å². The van der Waals surface area contributed by atoms with Crippen molar-refractivity contribution in [2.45, 2.75) is 0 Å². The average Bonchev–Trinajstić information content (AvgIpc) is 0.722. The van der Waals surface area contributed by atoms with Crippen molar-refractivity contribution < 1.29 is 17.5 Å². The molecule has 0 aliphatic carbocycles. The van der Waals surface area contributed by atoms with E-state index in [0.717, 1.165) is 0 Å². The maximum absolute atomic E-state index is 8.74. The van der Waals surface area contributed by atoms with Gasteiger partial charge in [0.25, 0.3) is 0 Å². The maximum atomic E-state index is 8.74. The molecule has 0 aliphatic heterocycles. The molecule has 2 N–H and O–H groups in total. The summed E-state index contributed by atoms with van der Waals surface area (Å²) in [7, 11) is -4.67. The standard InChI is InChI=1S/Al.ClH.H2O4S.3H/c;;1-5(2,3)4;;;/h;1H;(H2,1,2,3,4);;;. The lowest BCUT2D eigenvalue weighted by atomic mass is 15.8. The summed E-state index contributed by atoms with van der Waals surface area (Å²) >= 11 is 0. The topological polar surface area (TPSA) is 74.6 Å². The van der Waals surface area contributed by atoms with Gasteiger partial charge < -0.3 is 0 Å². The van der Waals surface area contributed by atoms with Crippen molar-refractivity contribution >= 4 is 40.2 Å². The fourth-order valence-corrected chi connectivity index (χ4v) is 0. The van der Waals surface area contributed by atoms with E-state index in [0.29, 0.717) is 0 Å². The second-order valence-corrected chi connectivity index (χ2v) is 1.34. The SMILES string of the molecule is Cl.O=S(=O)(O)O.[AlH3]. The quantitative estimate of drug-likeness (QED) is 0.341. The van der Waals surface area contributed by atoms with Gasteiger partial charge in [-0.3, -0.25) is 9.11 Å². The van der Waals surface area contributed by atoms with E-state index in [4.69, 9.17) is 17.5 Å². The van der Waals surface area contributed by atoms with E-state index in [1.807, 2.05) is 0 Å². The molecule has 0 aliphatic rings. The third kappa shape index (κ3) is 307. The van der Waals surface area contributed by atoms with Gasteiger partial charge in [-0.05, 0) is 0 Å². The summed E-state index contributed by atoms with van der Waals surface area (Å²) in [5, 5.41) is 0. The number of halogens is 1. The Hall–Kier alpha value is 0.692. The number of hydrogen-bond donors (Lipinski definition) is 2. The van der Waals surface area contributed by atoms with Crippen LogP contribution < -0.4 is 0 Å². The Kier molecular flexibility index (Phi) is 10.8. The average molecular weight is 165 g/mol. The first-order chi connectivity index (χ1) is 2.00. The molecule has 7 heavy (non-hydrogen) atoms. The first-order valence-corrected chi connectivity index (χ1v) is 2.10. The van der Waals surface area contributed by atoms with Crippen LogP contribution in [0.2, 0.25) is 0 Å². The third-order valence-electron chi connectivity index (χ3n) is 0. The van der Waals surface area contributed by atoms with Gasteiger partial charge in [0, 0.05) is 0 Å². The van der Waals surface area contributed by atoms with Crippen molar-refractivity contribution in [3.05, 3.63) is 0 Å². The van der Waals surface area contributed by atoms with Gasteiger partial charge in [0.1, 0.15) is 0 Å². The molecule has 0 radical (unpaired) electrons. The Balaban J connectivity index is -0.0000000800. The lowest BCUT2D eigenvalue weighted by molar-refractivity contribution is 0.381. The highest BCUT2D eigenvalue weighted by atomic mass is 35.5. The second-order valence-electron chi connectivity index (χ2n) is 0.448. The van der Waals surface area contributed by atoms with E-state index in [9.17, 15) is 0 Å². The molecule has 0 aromatic rings. The zero-order valence-electron chi connectivity index (χ0n) is 2.53. The second kappa shape index (κ2) is 4.84. The summed E-state index contributed by atoms with van der Waals surface area (Å²) in [6, 6.07) is 0. The molecule has 0 rings (SSSR count). The summed E-state index contributed by atoms with van der Waals surface area (Å²) in [5.74, 6) is 0. The predicted octanol–water partition coefficient (Wildman–Crippen LogP) is -1.41. The first-order valence-electron chi connectivity index (χ1n) is 0.698. The molecule has 7 heteroatoms. The summed E-state index contributed by atoms with van der Waals surface area (Å²) in [6.45, 7) is 0. The van der Waals surface area contributed by atoms with Crippen molar-refractivity contribution in [1.29, 1.82) is 0 Å². The van der Waals surface area contributed by atoms with Gasteiger partial charge in [-0.25, -0.2) is 0 Å². The summed E-state index contributed by atoms with van der Waals surface area (Å²) in [6.07, 6.45) is 0. The minimum absolute atomic E-state index is 0. The first kappa shape index (κ1) is 15.6. The van der Waals surface area contributed by atoms with Gasteiger partial charge in [0.05, 0.1) is 0 Å². The van der Waals surface area contributed by atoms with Crippen molar-refractivity contribution in [2.24, 2.45) is 0 Å². The largest absolute Gasteiger partial charge is 0.394 e. The van der Waals surface area contributed by atoms with Crippen LogP contribution in [0, 0.1) is 0 Å². The van der Waals surface area contributed by atoms with Crippen molar-refractivity contribution in [3.8, 4) is 0 Å². The van der Waals surface area contributed by atoms with Crippen LogP contribution in [0.1, 0.15) is 0 Å². The van der Waals surface area contributed by atoms with Crippen molar-refractivity contribution in [1.82, 2.24) is 0 Å². The van der Waals surface area contributed by atoms with E-state index >= 15 is 0 Å². The fourth-order valence-electron chi connectivity index (χ4n) is 0. The molecule has 0 atom stereocenters. The van der Waals surface area contributed by atoms with Crippen LogP contribution in [-0.4, -0.2) is 34.9 Å². The minimum atomic E-state index is -4.67. The number of hydrogen-bond acceptors (Lipinski definition) is 2. The highest BCUT2D eigenvalue weighted by Gasteiger charge is 1.84. The Morgan fingerprint density at radius 2 is 1.14 bits per heavy atom. The van der Waals surface area contributed by atoms with Crippen LogP contribution in [0.5, 0.6) is 0 Å². The van der Waals surface area contributed by atoms with Gasteiger partial charge >= 0.3 is 10.4 Å². The zero-order chi connectivity index (χ0) is 4.50. The van der Waals surface area contributed by atoms with E-state index in [-0.39, 0.29) is 29.8 Å². The smallest absolute Gasteiger partial charge is 0.264 e. The lowest BCUT2D eigenvalue weighted by Crippen LogP contribution is -1.89. The molecule has 46 valence electrons. The zero-order valence-corrected chi connectivity index (χ0v) is 4.16. The Bertz CT molecular complexity index is 94.9. The van der Waals surface area contributed by atoms with Crippen LogP contribution in [0.3, 0.4) is 0 Å². The summed E-state index contributed by atoms with van der Waals surface area (Å²) < 4.78 is 31.6. The molecule has 0 saturated carbocycles. The van der Waals surface area contributed by atoms with Crippen LogP contribution in [0.25, 0.3) is 0 Å². The Labute approximate surface area is 58.0 Å². The van der Waals surface area contributed by atoms with Gasteiger partial charge in [0.15, 0.2) is 17.4 Å². The summed E-state index contributed by atoms with van der Waals surface area (Å²) in [5.41, 5.74) is 0. The van der Waals surface area contributed by atoms with Crippen molar-refractivity contribution in [2.75, 3.05) is 0 Å². The monoisotopic (exact) mass is 164 g/mol. The molecule has 0 bridgehead atoms. The van der Waals surface area contributed by atoms with Crippen LogP contribution in [0.15, 0.2) is 0 Å². The van der Waals surface area contributed by atoms with Crippen LogP contribution >= 0.6 is 12.4 Å². The molecule has 0 amide bonds.